The van der Waals surface area contributed by atoms with Gasteiger partial charge in [0.25, 0.3) is 0 Å². The fourth-order valence-electron chi connectivity index (χ4n) is 1.59. The van der Waals surface area contributed by atoms with E-state index in [0.29, 0.717) is 0 Å². The lowest BCUT2D eigenvalue weighted by Crippen LogP contribution is -2.29. The van der Waals surface area contributed by atoms with Gasteiger partial charge in [-0.15, -0.1) is 0 Å². The molecule has 0 heterocycles. The SMILES string of the molecule is CC(C)(C)OC(=O)C[C@H](N)/C=C/S(C)(=O)=O.Cc1ccc(S(=O)(=O)[O-])cc1. The van der Waals surface area contributed by atoms with Gasteiger partial charge in [-0.3, -0.25) is 4.79 Å². The van der Waals surface area contributed by atoms with Crippen LogP contribution in [-0.4, -0.2) is 45.3 Å². The predicted octanol–water partition coefficient (Wildman–Crippen LogP) is 1.50. The van der Waals surface area contributed by atoms with E-state index < -0.39 is 37.6 Å². The van der Waals surface area contributed by atoms with Gasteiger partial charge in [0.15, 0.2) is 9.84 Å². The summed E-state index contributed by atoms with van der Waals surface area (Å²) >= 11 is 0. The van der Waals surface area contributed by atoms with Gasteiger partial charge in [0.1, 0.15) is 15.7 Å². The number of nitrogens with two attached hydrogens (primary N) is 1. The van der Waals surface area contributed by atoms with Gasteiger partial charge in [0.05, 0.1) is 11.3 Å². The Kier molecular flexibility index (Phi) is 9.33. The smallest absolute Gasteiger partial charge is 0.308 e. The van der Waals surface area contributed by atoms with Crippen LogP contribution in [0.4, 0.5) is 0 Å². The molecule has 154 valence electrons. The molecule has 0 unspecified atom stereocenters. The molecule has 0 bridgehead atoms. The van der Waals surface area contributed by atoms with Gasteiger partial charge in [-0.1, -0.05) is 23.8 Å². The predicted molar refractivity (Wildman–Crippen MR) is 102 cm³/mol. The summed E-state index contributed by atoms with van der Waals surface area (Å²) in [6.45, 7) is 7.08. The molecule has 1 atom stereocenters. The van der Waals surface area contributed by atoms with Crippen molar-refractivity contribution in [3.8, 4) is 0 Å². The van der Waals surface area contributed by atoms with Crippen molar-refractivity contribution < 1.29 is 30.9 Å². The molecule has 0 aromatic heterocycles. The van der Waals surface area contributed by atoms with Crippen LogP contribution in [-0.2, 0) is 29.5 Å². The number of carbonyl (C=O) groups excluding carboxylic acids is 1. The first-order chi connectivity index (χ1) is 12.0. The molecule has 1 aromatic carbocycles. The second kappa shape index (κ2) is 9.98. The van der Waals surface area contributed by atoms with Crippen LogP contribution in [0.1, 0.15) is 32.8 Å². The van der Waals surface area contributed by atoms with Gasteiger partial charge in [0.2, 0.25) is 0 Å². The van der Waals surface area contributed by atoms with Crippen molar-refractivity contribution in [1.29, 1.82) is 0 Å². The van der Waals surface area contributed by atoms with Crippen LogP contribution in [0.5, 0.6) is 0 Å². The van der Waals surface area contributed by atoms with Gasteiger partial charge < -0.3 is 15.0 Å². The van der Waals surface area contributed by atoms with E-state index in [1.165, 1.54) is 18.2 Å². The summed E-state index contributed by atoms with van der Waals surface area (Å²) in [5.41, 5.74) is 5.92. The van der Waals surface area contributed by atoms with Crippen molar-refractivity contribution in [2.75, 3.05) is 6.26 Å². The van der Waals surface area contributed by atoms with Gasteiger partial charge >= 0.3 is 5.97 Å². The van der Waals surface area contributed by atoms with Crippen LogP contribution in [0, 0.1) is 6.92 Å². The van der Waals surface area contributed by atoms with Crippen molar-refractivity contribution in [2.45, 2.75) is 50.7 Å². The average molecular weight is 421 g/mol. The number of rotatable bonds is 5. The van der Waals surface area contributed by atoms with Crippen LogP contribution in [0.25, 0.3) is 0 Å². The highest BCUT2D eigenvalue weighted by Gasteiger charge is 2.17. The van der Waals surface area contributed by atoms with Crippen LogP contribution in [0.2, 0.25) is 0 Å². The van der Waals surface area contributed by atoms with E-state index in [-0.39, 0.29) is 11.3 Å². The zero-order valence-corrected chi connectivity index (χ0v) is 17.6. The second-order valence-electron chi connectivity index (χ2n) is 6.88. The minimum absolute atomic E-state index is 0.0384. The van der Waals surface area contributed by atoms with Crippen LogP contribution in [0.15, 0.2) is 40.6 Å². The molecule has 10 heteroatoms. The fourth-order valence-corrected chi connectivity index (χ4v) is 2.55. The molecular formula is C17H26NO7S2-. The van der Waals surface area contributed by atoms with Crippen LogP contribution in [0.3, 0.4) is 0 Å². The van der Waals surface area contributed by atoms with Gasteiger partial charge in [-0.25, -0.2) is 16.8 Å². The molecule has 0 radical (unpaired) electrons. The van der Waals surface area contributed by atoms with E-state index in [1.807, 2.05) is 6.92 Å². The van der Waals surface area contributed by atoms with Crippen molar-refractivity contribution in [3.05, 3.63) is 41.3 Å². The zero-order chi connectivity index (χ0) is 21.5. The molecule has 0 aliphatic heterocycles. The van der Waals surface area contributed by atoms with Crippen molar-refractivity contribution in [2.24, 2.45) is 5.73 Å². The Morgan fingerprint density at radius 3 is 2.04 bits per heavy atom. The van der Waals surface area contributed by atoms with Crippen molar-refractivity contribution in [1.82, 2.24) is 0 Å². The molecular weight excluding hydrogens is 394 g/mol. The minimum Gasteiger partial charge on any atom is -0.744 e. The Labute approximate surface area is 161 Å². The van der Waals surface area contributed by atoms with Crippen molar-refractivity contribution in [3.63, 3.8) is 0 Å². The summed E-state index contributed by atoms with van der Waals surface area (Å²) in [7, 11) is -7.47. The Balaban J connectivity index is 0.000000533. The summed E-state index contributed by atoms with van der Waals surface area (Å²) in [5, 5.41) is 0.988. The Hall–Kier alpha value is -1.75. The number of benzene rings is 1. The van der Waals surface area contributed by atoms with Crippen LogP contribution >= 0.6 is 0 Å². The second-order valence-corrected chi connectivity index (χ2v) is 10.2. The van der Waals surface area contributed by atoms with Crippen LogP contribution < -0.4 is 5.73 Å². The molecule has 0 saturated carbocycles. The normalized spacial score (nSPS) is 13.6. The first-order valence-corrected chi connectivity index (χ1v) is 11.2. The molecule has 8 nitrogen and oxygen atoms in total. The van der Waals surface area contributed by atoms with E-state index in [2.05, 4.69) is 0 Å². The Bertz CT molecular complexity index is 850. The molecule has 1 aromatic rings. The molecule has 0 aliphatic carbocycles. The number of sulfone groups is 1. The first-order valence-electron chi connectivity index (χ1n) is 7.88. The largest absolute Gasteiger partial charge is 0.744 e. The lowest BCUT2D eigenvalue weighted by molar-refractivity contribution is -0.154. The third kappa shape index (κ3) is 14.0. The van der Waals surface area contributed by atoms with E-state index in [4.69, 9.17) is 10.5 Å². The average Bonchev–Trinajstić information content (AvgIpc) is 2.42. The number of carbonyl (C=O) groups is 1. The first kappa shape index (κ1) is 25.2. The zero-order valence-electron chi connectivity index (χ0n) is 16.0. The standard InChI is InChI=1S/C10H19NO4S.C7H8O3S/c1-10(2,3)15-9(12)7-8(11)5-6-16(4,13)14;1-6-2-4-7(5-3-6)11(8,9)10/h5-6,8H,7,11H2,1-4H3;2-5H,1H3,(H,8,9,10)/p-1/b6-5+;/t8-;/m1./s1. The molecule has 0 fully saturated rings. The number of esters is 1. The number of hydrogen-bond donors (Lipinski definition) is 1. The summed E-state index contributed by atoms with van der Waals surface area (Å²) in [6.07, 6.45) is 2.30. The lowest BCUT2D eigenvalue weighted by Gasteiger charge is -2.20. The van der Waals surface area contributed by atoms with Gasteiger partial charge in [-0.2, -0.15) is 0 Å². The van der Waals surface area contributed by atoms with E-state index >= 15 is 0 Å². The quantitative estimate of drug-likeness (QED) is 0.557. The third-order valence-corrected chi connectivity index (χ3v) is 4.21. The monoisotopic (exact) mass is 420 g/mol. The molecule has 2 N–H and O–H groups in total. The molecule has 1 rings (SSSR count). The highest BCUT2D eigenvalue weighted by molar-refractivity contribution is 7.93. The topological polar surface area (TPSA) is 144 Å². The Morgan fingerprint density at radius 2 is 1.67 bits per heavy atom. The summed E-state index contributed by atoms with van der Waals surface area (Å²) in [4.78, 5) is 11.1. The number of hydrogen-bond acceptors (Lipinski definition) is 8. The van der Waals surface area contributed by atoms with E-state index in [9.17, 15) is 26.2 Å². The van der Waals surface area contributed by atoms with Gasteiger partial charge in [0, 0.05) is 17.7 Å². The maximum atomic E-state index is 11.3. The highest BCUT2D eigenvalue weighted by Crippen LogP contribution is 2.09. The van der Waals surface area contributed by atoms with E-state index in [1.54, 1.807) is 32.9 Å². The maximum Gasteiger partial charge on any atom is 0.308 e. The number of ether oxygens (including phenoxy) is 1. The molecule has 0 spiro atoms. The fraction of sp³-hybridized carbons (Fsp3) is 0.471. The molecule has 27 heavy (non-hydrogen) atoms. The minimum atomic E-state index is -4.27. The molecule has 0 saturated heterocycles. The third-order valence-electron chi connectivity index (χ3n) is 2.71. The highest BCUT2D eigenvalue weighted by atomic mass is 32.2. The van der Waals surface area contributed by atoms with Crippen molar-refractivity contribution >= 4 is 25.9 Å². The number of aryl methyl sites for hydroxylation is 1. The lowest BCUT2D eigenvalue weighted by atomic mass is 10.2. The van der Waals surface area contributed by atoms with E-state index in [0.717, 1.165) is 17.2 Å². The summed E-state index contributed by atoms with van der Waals surface area (Å²) in [6, 6.07) is 5.13. The Morgan fingerprint density at radius 1 is 1.19 bits per heavy atom. The van der Waals surface area contributed by atoms with Gasteiger partial charge in [-0.05, 0) is 39.8 Å². The molecule has 0 aliphatic rings. The molecule has 0 amide bonds. The summed E-state index contributed by atoms with van der Waals surface area (Å²) < 4.78 is 57.8. The maximum absolute atomic E-state index is 11.3. The summed E-state index contributed by atoms with van der Waals surface area (Å²) in [5.74, 6) is -0.446.